The first-order valence-electron chi connectivity index (χ1n) is 26.6. The Hall–Kier alpha value is 0.540. The molecule has 2 unspecified atom stereocenters. The maximum atomic E-state index is 9.72. The Morgan fingerprint density at radius 1 is 0.317 bits per heavy atom. The molecule has 0 saturated carbocycles. The van der Waals surface area contributed by atoms with E-state index in [9.17, 15) is 5.11 Å². The molecule has 362 valence electrons. The minimum atomic E-state index is -1.00. The molecule has 0 aromatic carbocycles. The van der Waals surface area contributed by atoms with Crippen LogP contribution in [0.25, 0.3) is 0 Å². The second-order valence-electron chi connectivity index (χ2n) is 17.5. The van der Waals surface area contributed by atoms with Crippen LogP contribution in [-0.4, -0.2) is 75.8 Å². The average molecular weight is 892 g/mol. The molecule has 0 heterocycles. The molecule has 0 fully saturated rings. The van der Waals surface area contributed by atoms with Crippen molar-refractivity contribution in [3.8, 4) is 0 Å². The zero-order valence-electron chi connectivity index (χ0n) is 40.9. The number of hydrogen-bond donors (Lipinski definition) is 3. The van der Waals surface area contributed by atoms with E-state index in [1.54, 1.807) is 0 Å². The predicted octanol–water partition coefficient (Wildman–Crippen LogP) is 16.1. The van der Waals surface area contributed by atoms with Gasteiger partial charge in [-0.2, -0.15) is 0 Å². The number of nitrogens with zero attached hydrogens (tertiary/aromatic N) is 1. The van der Waals surface area contributed by atoms with Gasteiger partial charge in [-0.15, -0.1) is 0 Å². The van der Waals surface area contributed by atoms with Crippen molar-refractivity contribution in [2.45, 2.75) is 259 Å². The van der Waals surface area contributed by atoms with Crippen LogP contribution >= 0.6 is 17.1 Å². The Bertz CT molecular complexity index is 737. The van der Waals surface area contributed by atoms with E-state index >= 15 is 0 Å². The van der Waals surface area contributed by atoms with Crippen LogP contribution in [0.5, 0.6) is 0 Å². The molecule has 0 spiro atoms. The van der Waals surface area contributed by atoms with Gasteiger partial charge in [0.2, 0.25) is 0 Å². The second-order valence-corrected chi connectivity index (χ2v) is 20.2. The number of rotatable bonds is 54. The molecule has 0 aromatic heterocycles. The third-order valence-corrected chi connectivity index (χ3v) is 14.2. The molecule has 0 aromatic rings. The van der Waals surface area contributed by atoms with Gasteiger partial charge in [0.15, 0.2) is 0 Å². The summed E-state index contributed by atoms with van der Waals surface area (Å²) >= 11 is 0. The minimum Gasteiger partial charge on any atom is -0.395 e. The van der Waals surface area contributed by atoms with Crippen molar-refractivity contribution < 1.29 is 23.2 Å². The van der Waals surface area contributed by atoms with E-state index in [0.717, 1.165) is 97.7 Å². The van der Waals surface area contributed by atoms with Gasteiger partial charge in [0, 0.05) is 19.6 Å². The summed E-state index contributed by atoms with van der Waals surface area (Å²) in [4.78, 5) is 2.46. The van der Waals surface area contributed by atoms with Crippen molar-refractivity contribution in [3.63, 3.8) is 0 Å². The molecule has 0 radical (unpaired) electrons. The smallest absolute Gasteiger partial charge is 0.255 e. The number of aliphatic hydroxyl groups excluding tert-OH is 1. The zero-order chi connectivity index (χ0) is 43.5. The van der Waals surface area contributed by atoms with Crippen molar-refractivity contribution in [2.75, 3.05) is 65.8 Å². The molecule has 10 heteroatoms. The molecule has 60 heavy (non-hydrogen) atoms. The summed E-state index contributed by atoms with van der Waals surface area (Å²) in [6, 6.07) is 0. The highest BCUT2D eigenvalue weighted by Crippen LogP contribution is 2.35. The van der Waals surface area contributed by atoms with E-state index in [1.807, 2.05) is 0 Å². The molecule has 0 aliphatic rings. The van der Waals surface area contributed by atoms with Gasteiger partial charge in [-0.1, -0.05) is 201 Å². The fourth-order valence-corrected chi connectivity index (χ4v) is 9.90. The normalized spacial score (nSPS) is 12.9. The van der Waals surface area contributed by atoms with E-state index in [0.29, 0.717) is 0 Å². The van der Waals surface area contributed by atoms with Crippen LogP contribution in [-0.2, 0) is 18.1 Å². The van der Waals surface area contributed by atoms with Crippen molar-refractivity contribution in [1.82, 2.24) is 15.1 Å². The molecule has 0 rings (SSSR count). The monoisotopic (exact) mass is 892 g/mol. The summed E-state index contributed by atoms with van der Waals surface area (Å²) in [6.07, 6.45) is 46.2. The molecule has 8 nitrogen and oxygen atoms in total. The number of hydrogen-bond acceptors (Lipinski definition) is 8. The first-order valence-corrected chi connectivity index (χ1v) is 29.0. The highest BCUT2D eigenvalue weighted by Gasteiger charge is 2.12. The molecule has 0 aliphatic heterocycles. The third kappa shape index (κ3) is 48.0. The van der Waals surface area contributed by atoms with Crippen LogP contribution in [0.4, 0.5) is 0 Å². The van der Waals surface area contributed by atoms with Gasteiger partial charge < -0.3 is 28.1 Å². The maximum Gasteiger partial charge on any atom is 0.255 e. The molecule has 0 saturated heterocycles. The molecular weight excluding hydrogens is 785 g/mol. The summed E-state index contributed by atoms with van der Waals surface area (Å²) in [5.74, 6) is 0. The van der Waals surface area contributed by atoms with E-state index in [4.69, 9.17) is 18.1 Å². The van der Waals surface area contributed by atoms with Crippen LogP contribution in [0.1, 0.15) is 259 Å². The quantitative estimate of drug-likeness (QED) is 0.0411. The lowest BCUT2D eigenvalue weighted by Gasteiger charge is -2.21. The van der Waals surface area contributed by atoms with Gasteiger partial charge in [-0.25, -0.2) is 0 Å². The Morgan fingerprint density at radius 3 is 0.867 bits per heavy atom. The summed E-state index contributed by atoms with van der Waals surface area (Å²) in [6.45, 7) is 17.4. The van der Waals surface area contributed by atoms with Crippen molar-refractivity contribution in [1.29, 1.82) is 0 Å². The topological polar surface area (TPSA) is 84.5 Å². The fraction of sp³-hybridized carbons (Fsp3) is 1.00. The SMILES string of the molecule is CCCCCCCCCNP(OCCCCCCCCC)OCCCCCCCN(CCO)CCCCCOP(NCCCCCCCCC)OCCCCCCCCC. The highest BCUT2D eigenvalue weighted by atomic mass is 31.2. The molecule has 0 aliphatic carbocycles. The summed E-state index contributed by atoms with van der Waals surface area (Å²) < 4.78 is 25.1. The van der Waals surface area contributed by atoms with Crippen LogP contribution < -0.4 is 10.2 Å². The largest absolute Gasteiger partial charge is 0.395 e. The first-order chi connectivity index (χ1) is 29.7. The molecule has 0 bridgehead atoms. The first kappa shape index (κ1) is 60.5. The standard InChI is InChI=1S/C50H107N3O5P2/c1-5-9-13-17-21-26-33-41-51-59(55-47-37-29-23-19-15-11-7-3)57-49-39-31-25-28-35-43-53(45-46-54)44-36-32-40-50-58-60(52-42-34-27-22-18-14-10-6-2)56-48-38-30-24-20-16-12-8-4/h51-52,54H,5-50H2,1-4H3. The number of unbranched alkanes of at least 4 members (excludes halogenated alkanes) is 30. The van der Waals surface area contributed by atoms with Crippen LogP contribution in [0.3, 0.4) is 0 Å². The lowest BCUT2D eigenvalue weighted by atomic mass is 10.1. The summed E-state index contributed by atoms with van der Waals surface area (Å²) in [5, 5.41) is 17.0. The third-order valence-electron chi connectivity index (χ3n) is 11.5. The highest BCUT2D eigenvalue weighted by molar-refractivity contribution is 7.45. The summed E-state index contributed by atoms with van der Waals surface area (Å²) in [5.41, 5.74) is 0. The van der Waals surface area contributed by atoms with Gasteiger partial charge in [0.1, 0.15) is 0 Å². The second kappa shape index (κ2) is 53.9. The number of nitrogens with one attached hydrogen (secondary N) is 2. The van der Waals surface area contributed by atoms with Gasteiger partial charge in [0.25, 0.3) is 17.1 Å². The van der Waals surface area contributed by atoms with E-state index in [2.05, 4.69) is 42.8 Å². The lowest BCUT2D eigenvalue weighted by Crippen LogP contribution is -2.29. The van der Waals surface area contributed by atoms with Crippen LogP contribution in [0.2, 0.25) is 0 Å². The van der Waals surface area contributed by atoms with Crippen molar-refractivity contribution in [3.05, 3.63) is 0 Å². The van der Waals surface area contributed by atoms with E-state index in [1.165, 1.54) is 193 Å². The predicted molar refractivity (Wildman–Crippen MR) is 266 cm³/mol. The lowest BCUT2D eigenvalue weighted by molar-refractivity contribution is 0.188. The van der Waals surface area contributed by atoms with Gasteiger partial charge in [0.05, 0.1) is 33.0 Å². The minimum absolute atomic E-state index is 0.238. The maximum absolute atomic E-state index is 9.72. The Morgan fingerprint density at radius 2 is 0.567 bits per heavy atom. The molecule has 2 atom stereocenters. The number of aliphatic hydroxyl groups is 1. The fourth-order valence-electron chi connectivity index (χ4n) is 7.53. The van der Waals surface area contributed by atoms with Crippen molar-refractivity contribution >= 4 is 17.1 Å². The van der Waals surface area contributed by atoms with Gasteiger partial charge in [-0.05, 0) is 70.9 Å². The van der Waals surface area contributed by atoms with Gasteiger partial charge in [-0.3, -0.25) is 10.2 Å². The Kier molecular flexibility index (Phi) is 54.4. The molecule has 3 N–H and O–H groups in total. The summed E-state index contributed by atoms with van der Waals surface area (Å²) in [7, 11) is -1.99. The Balaban J connectivity index is 4.29. The zero-order valence-corrected chi connectivity index (χ0v) is 42.7. The van der Waals surface area contributed by atoms with E-state index in [-0.39, 0.29) is 6.61 Å². The molecule has 0 amide bonds. The van der Waals surface area contributed by atoms with Crippen molar-refractivity contribution in [2.24, 2.45) is 0 Å². The van der Waals surface area contributed by atoms with Crippen LogP contribution in [0, 0.1) is 0 Å². The Labute approximate surface area is 378 Å². The molecular formula is C50H107N3O5P2. The average Bonchev–Trinajstić information content (AvgIpc) is 3.25. The van der Waals surface area contributed by atoms with E-state index < -0.39 is 17.1 Å². The van der Waals surface area contributed by atoms with Crippen LogP contribution in [0.15, 0.2) is 0 Å². The van der Waals surface area contributed by atoms with Gasteiger partial charge >= 0.3 is 0 Å².